The van der Waals surface area contributed by atoms with Gasteiger partial charge < -0.3 is 10.5 Å². The molecular formula is C14H21BrN2O. The van der Waals surface area contributed by atoms with Crippen LogP contribution in [0.4, 0.5) is 0 Å². The summed E-state index contributed by atoms with van der Waals surface area (Å²) >= 11 is 3.48. The van der Waals surface area contributed by atoms with Gasteiger partial charge in [-0.15, -0.1) is 0 Å². The Balaban J connectivity index is 1.97. The molecule has 0 atom stereocenters. The van der Waals surface area contributed by atoms with Crippen LogP contribution in [0.2, 0.25) is 0 Å². The fraction of sp³-hybridized carbons (Fsp3) is 0.643. The highest BCUT2D eigenvalue weighted by atomic mass is 79.9. The molecule has 1 aromatic heterocycles. The van der Waals surface area contributed by atoms with Crippen LogP contribution >= 0.6 is 15.9 Å². The van der Waals surface area contributed by atoms with Gasteiger partial charge in [-0.2, -0.15) is 0 Å². The molecule has 4 heteroatoms. The summed E-state index contributed by atoms with van der Waals surface area (Å²) in [7, 11) is 0. The molecule has 1 heterocycles. The van der Waals surface area contributed by atoms with Gasteiger partial charge in [0.15, 0.2) is 0 Å². The van der Waals surface area contributed by atoms with Crippen LogP contribution in [0.1, 0.15) is 44.1 Å². The first-order chi connectivity index (χ1) is 8.59. The normalized spacial score (nSPS) is 19.3. The van der Waals surface area contributed by atoms with Gasteiger partial charge in [0.2, 0.25) is 5.88 Å². The minimum atomic E-state index is -0.178. The molecule has 0 unspecified atom stereocenters. The summed E-state index contributed by atoms with van der Waals surface area (Å²) in [5.74, 6) is 0.648. The third kappa shape index (κ3) is 3.69. The summed E-state index contributed by atoms with van der Waals surface area (Å²) in [5, 5.41) is 0. The fourth-order valence-corrected chi connectivity index (χ4v) is 2.99. The van der Waals surface area contributed by atoms with Gasteiger partial charge in [-0.3, -0.25) is 0 Å². The molecule has 0 amide bonds. The number of ether oxygens (including phenoxy) is 1. The Kier molecular flexibility index (Phi) is 4.62. The Bertz CT molecular complexity index is 401. The Labute approximate surface area is 117 Å². The molecule has 0 spiro atoms. The maximum absolute atomic E-state index is 6.42. The van der Waals surface area contributed by atoms with E-state index in [0.29, 0.717) is 12.5 Å². The van der Waals surface area contributed by atoms with Crippen molar-refractivity contribution in [3.8, 4) is 5.88 Å². The highest BCUT2D eigenvalue weighted by Gasteiger charge is 2.27. The maximum Gasteiger partial charge on any atom is 0.228 e. The largest absolute Gasteiger partial charge is 0.475 e. The topological polar surface area (TPSA) is 48.1 Å². The minimum Gasteiger partial charge on any atom is -0.475 e. The zero-order valence-corrected chi connectivity index (χ0v) is 12.5. The first-order valence-corrected chi connectivity index (χ1v) is 7.42. The Morgan fingerprint density at radius 1 is 1.33 bits per heavy atom. The number of aromatic nitrogens is 1. The third-order valence-electron chi connectivity index (χ3n) is 3.54. The van der Waals surface area contributed by atoms with Gasteiger partial charge in [0.25, 0.3) is 0 Å². The standard InChI is InChI=1S/C14H21BrN2O/c1-11-8-12(15)13(17-9-11)18-10-14(16)6-4-2-3-5-7-14/h8-9H,2-7,10,16H2,1H3. The number of rotatable bonds is 3. The predicted octanol–water partition coefficient (Wildman–Crippen LogP) is 3.58. The molecule has 18 heavy (non-hydrogen) atoms. The van der Waals surface area contributed by atoms with Crippen molar-refractivity contribution >= 4 is 15.9 Å². The van der Waals surface area contributed by atoms with E-state index in [-0.39, 0.29) is 5.54 Å². The molecule has 1 aliphatic carbocycles. The van der Waals surface area contributed by atoms with Crippen molar-refractivity contribution in [3.05, 3.63) is 22.3 Å². The molecule has 3 nitrogen and oxygen atoms in total. The van der Waals surface area contributed by atoms with Crippen molar-refractivity contribution in [1.29, 1.82) is 0 Å². The van der Waals surface area contributed by atoms with Gasteiger partial charge >= 0.3 is 0 Å². The van der Waals surface area contributed by atoms with E-state index in [1.54, 1.807) is 0 Å². The molecule has 2 rings (SSSR count). The molecule has 100 valence electrons. The highest BCUT2D eigenvalue weighted by Crippen LogP contribution is 2.28. The Morgan fingerprint density at radius 3 is 2.61 bits per heavy atom. The van der Waals surface area contributed by atoms with E-state index in [1.165, 1.54) is 25.7 Å². The molecule has 1 fully saturated rings. The molecule has 0 saturated heterocycles. The lowest BCUT2D eigenvalue weighted by molar-refractivity contribution is 0.192. The predicted molar refractivity (Wildman–Crippen MR) is 76.8 cm³/mol. The number of hydrogen-bond donors (Lipinski definition) is 1. The first kappa shape index (κ1) is 13.8. The smallest absolute Gasteiger partial charge is 0.228 e. The van der Waals surface area contributed by atoms with Crippen LogP contribution in [0.15, 0.2) is 16.7 Å². The van der Waals surface area contributed by atoms with Crippen molar-refractivity contribution in [2.45, 2.75) is 51.0 Å². The summed E-state index contributed by atoms with van der Waals surface area (Å²) in [6, 6.07) is 2.01. The van der Waals surface area contributed by atoms with Crippen molar-refractivity contribution in [2.75, 3.05) is 6.61 Å². The second-order valence-electron chi connectivity index (χ2n) is 5.36. The monoisotopic (exact) mass is 312 g/mol. The molecule has 1 aliphatic rings. The Morgan fingerprint density at radius 2 is 2.00 bits per heavy atom. The summed E-state index contributed by atoms with van der Waals surface area (Å²) < 4.78 is 6.71. The summed E-state index contributed by atoms with van der Waals surface area (Å²) in [4.78, 5) is 4.29. The summed E-state index contributed by atoms with van der Waals surface area (Å²) in [5.41, 5.74) is 7.36. The molecule has 1 aromatic rings. The minimum absolute atomic E-state index is 0.178. The number of halogens is 1. The van der Waals surface area contributed by atoms with Crippen LogP contribution in [0.25, 0.3) is 0 Å². The number of pyridine rings is 1. The second-order valence-corrected chi connectivity index (χ2v) is 6.22. The summed E-state index contributed by atoms with van der Waals surface area (Å²) in [6.45, 7) is 2.57. The van der Waals surface area contributed by atoms with Gasteiger partial charge in [-0.05, 0) is 47.3 Å². The lowest BCUT2D eigenvalue weighted by atomic mass is 9.93. The zero-order valence-electron chi connectivity index (χ0n) is 10.9. The van der Waals surface area contributed by atoms with E-state index in [9.17, 15) is 0 Å². The van der Waals surface area contributed by atoms with Crippen LogP contribution in [-0.2, 0) is 0 Å². The van der Waals surface area contributed by atoms with Crippen molar-refractivity contribution in [2.24, 2.45) is 5.73 Å². The van der Waals surface area contributed by atoms with Gasteiger partial charge in [-0.1, -0.05) is 25.7 Å². The molecule has 0 aromatic carbocycles. The lowest BCUT2D eigenvalue weighted by Crippen LogP contribution is -2.45. The highest BCUT2D eigenvalue weighted by molar-refractivity contribution is 9.10. The van der Waals surface area contributed by atoms with Gasteiger partial charge in [0.1, 0.15) is 6.61 Å². The molecule has 2 N–H and O–H groups in total. The van der Waals surface area contributed by atoms with Gasteiger partial charge in [-0.25, -0.2) is 4.98 Å². The van der Waals surface area contributed by atoms with Gasteiger partial charge in [0.05, 0.1) is 10.0 Å². The van der Waals surface area contributed by atoms with Crippen molar-refractivity contribution in [1.82, 2.24) is 4.98 Å². The van der Waals surface area contributed by atoms with E-state index in [0.717, 1.165) is 22.9 Å². The molecule has 0 radical (unpaired) electrons. The number of hydrogen-bond acceptors (Lipinski definition) is 3. The molecular weight excluding hydrogens is 292 g/mol. The SMILES string of the molecule is Cc1cnc(OCC2(N)CCCCCC2)c(Br)c1. The van der Waals surface area contributed by atoms with E-state index in [4.69, 9.17) is 10.5 Å². The average molecular weight is 313 g/mol. The fourth-order valence-electron chi connectivity index (χ4n) is 2.42. The number of aryl methyl sites for hydroxylation is 1. The quantitative estimate of drug-likeness (QED) is 0.868. The first-order valence-electron chi connectivity index (χ1n) is 6.63. The van der Waals surface area contributed by atoms with Crippen LogP contribution in [0, 0.1) is 6.92 Å². The average Bonchev–Trinajstić information content (AvgIpc) is 2.54. The van der Waals surface area contributed by atoms with E-state index < -0.39 is 0 Å². The van der Waals surface area contributed by atoms with Crippen LogP contribution in [0.3, 0.4) is 0 Å². The van der Waals surface area contributed by atoms with Gasteiger partial charge in [0, 0.05) is 6.20 Å². The molecule has 0 bridgehead atoms. The van der Waals surface area contributed by atoms with Crippen LogP contribution in [0.5, 0.6) is 5.88 Å². The van der Waals surface area contributed by atoms with Crippen molar-refractivity contribution in [3.63, 3.8) is 0 Å². The van der Waals surface area contributed by atoms with E-state index in [1.807, 2.05) is 19.2 Å². The van der Waals surface area contributed by atoms with Crippen LogP contribution < -0.4 is 10.5 Å². The number of nitrogens with two attached hydrogens (primary N) is 1. The second kappa shape index (κ2) is 6.02. The zero-order chi connectivity index (χ0) is 13.0. The van der Waals surface area contributed by atoms with E-state index in [2.05, 4.69) is 20.9 Å². The lowest BCUT2D eigenvalue weighted by Gasteiger charge is -2.27. The Hall–Kier alpha value is -0.610. The van der Waals surface area contributed by atoms with Crippen molar-refractivity contribution < 1.29 is 4.74 Å². The molecule has 0 aliphatic heterocycles. The molecule has 1 saturated carbocycles. The van der Waals surface area contributed by atoms with Crippen LogP contribution in [-0.4, -0.2) is 17.1 Å². The summed E-state index contributed by atoms with van der Waals surface area (Å²) in [6.07, 6.45) is 8.94. The van der Waals surface area contributed by atoms with E-state index >= 15 is 0 Å². The third-order valence-corrected chi connectivity index (χ3v) is 4.11. The maximum atomic E-state index is 6.42. The number of nitrogens with zero attached hydrogens (tertiary/aromatic N) is 1.